The van der Waals surface area contributed by atoms with Gasteiger partial charge in [0.25, 0.3) is 0 Å². The Bertz CT molecular complexity index is 194. The molecule has 0 aromatic heterocycles. The van der Waals surface area contributed by atoms with Crippen LogP contribution in [0.3, 0.4) is 0 Å². The summed E-state index contributed by atoms with van der Waals surface area (Å²) in [6.07, 6.45) is 4.03. The number of likely N-dealkylation sites (tertiary alicyclic amines) is 1. The van der Waals surface area contributed by atoms with Crippen LogP contribution in [-0.2, 0) is 4.79 Å². The molecule has 1 aliphatic heterocycles. The van der Waals surface area contributed by atoms with Crippen molar-refractivity contribution in [3.63, 3.8) is 0 Å². The fraction of sp³-hybridized carbons (Fsp3) is 0.909. The first-order chi connectivity index (χ1) is 6.58. The molecule has 82 valence electrons. The fourth-order valence-electron chi connectivity index (χ4n) is 2.61. The van der Waals surface area contributed by atoms with Crippen LogP contribution in [0.5, 0.6) is 0 Å². The van der Waals surface area contributed by atoms with Gasteiger partial charge in [0.1, 0.15) is 6.29 Å². The second-order valence-corrected chi connectivity index (χ2v) is 4.93. The van der Waals surface area contributed by atoms with E-state index in [0.717, 1.165) is 25.8 Å². The van der Waals surface area contributed by atoms with Crippen LogP contribution in [0.25, 0.3) is 0 Å². The molecule has 0 amide bonds. The molecule has 0 spiro atoms. The first kappa shape index (κ1) is 11.7. The third kappa shape index (κ3) is 3.07. The SMILES string of the molecule is CN(C)CC1(CCC=O)CCN(C)C1. The van der Waals surface area contributed by atoms with Crippen LogP contribution in [0.15, 0.2) is 0 Å². The Morgan fingerprint density at radius 1 is 1.50 bits per heavy atom. The molecule has 1 unspecified atom stereocenters. The predicted molar refractivity (Wildman–Crippen MR) is 58.4 cm³/mol. The summed E-state index contributed by atoms with van der Waals surface area (Å²) in [5.74, 6) is 0. The highest BCUT2D eigenvalue weighted by Crippen LogP contribution is 2.34. The van der Waals surface area contributed by atoms with E-state index in [0.29, 0.717) is 11.8 Å². The smallest absolute Gasteiger partial charge is 0.120 e. The number of rotatable bonds is 5. The molecule has 0 aromatic carbocycles. The molecule has 1 atom stereocenters. The molecule has 14 heavy (non-hydrogen) atoms. The van der Waals surface area contributed by atoms with Crippen molar-refractivity contribution in [1.82, 2.24) is 9.80 Å². The molecule has 0 N–H and O–H groups in total. The maximum absolute atomic E-state index is 10.4. The molecule has 0 aromatic rings. The molecule has 3 heteroatoms. The number of aldehydes is 1. The summed E-state index contributed by atoms with van der Waals surface area (Å²) in [7, 11) is 6.39. The average molecular weight is 198 g/mol. The molecule has 0 bridgehead atoms. The quantitative estimate of drug-likeness (QED) is 0.612. The van der Waals surface area contributed by atoms with Crippen LogP contribution in [0.4, 0.5) is 0 Å². The van der Waals surface area contributed by atoms with E-state index in [1.54, 1.807) is 0 Å². The van der Waals surface area contributed by atoms with Gasteiger partial charge < -0.3 is 14.6 Å². The van der Waals surface area contributed by atoms with Crippen LogP contribution in [0.2, 0.25) is 0 Å². The van der Waals surface area contributed by atoms with Crippen molar-refractivity contribution in [2.24, 2.45) is 5.41 Å². The van der Waals surface area contributed by atoms with Gasteiger partial charge in [-0.15, -0.1) is 0 Å². The minimum atomic E-state index is 0.360. The summed E-state index contributed by atoms with van der Waals surface area (Å²) in [5, 5.41) is 0. The van der Waals surface area contributed by atoms with E-state index in [9.17, 15) is 4.79 Å². The third-order valence-electron chi connectivity index (χ3n) is 3.07. The maximum atomic E-state index is 10.4. The first-order valence-electron chi connectivity index (χ1n) is 5.35. The summed E-state index contributed by atoms with van der Waals surface area (Å²) in [4.78, 5) is 15.1. The molecule has 1 rings (SSSR count). The van der Waals surface area contributed by atoms with Crippen molar-refractivity contribution in [1.29, 1.82) is 0 Å². The number of hydrogen-bond donors (Lipinski definition) is 0. The summed E-state index contributed by atoms with van der Waals surface area (Å²) >= 11 is 0. The number of carbonyl (C=O) groups excluding carboxylic acids is 1. The van der Waals surface area contributed by atoms with Gasteiger partial charge >= 0.3 is 0 Å². The van der Waals surface area contributed by atoms with E-state index >= 15 is 0 Å². The summed E-state index contributed by atoms with van der Waals surface area (Å²) in [6, 6.07) is 0. The van der Waals surface area contributed by atoms with E-state index in [2.05, 4.69) is 30.9 Å². The van der Waals surface area contributed by atoms with Crippen molar-refractivity contribution >= 4 is 6.29 Å². The Morgan fingerprint density at radius 2 is 2.21 bits per heavy atom. The lowest BCUT2D eigenvalue weighted by Crippen LogP contribution is -2.36. The third-order valence-corrected chi connectivity index (χ3v) is 3.07. The lowest BCUT2D eigenvalue weighted by molar-refractivity contribution is -0.108. The molecule has 1 aliphatic rings. The lowest BCUT2D eigenvalue weighted by Gasteiger charge is -2.31. The van der Waals surface area contributed by atoms with Crippen LogP contribution >= 0.6 is 0 Å². The number of carbonyl (C=O) groups is 1. The molecule has 0 saturated carbocycles. The number of nitrogens with zero attached hydrogens (tertiary/aromatic N) is 2. The second kappa shape index (κ2) is 4.89. The Labute approximate surface area is 87.1 Å². The van der Waals surface area contributed by atoms with Gasteiger partial charge in [-0.3, -0.25) is 0 Å². The zero-order chi connectivity index (χ0) is 10.6. The Morgan fingerprint density at radius 3 is 2.64 bits per heavy atom. The minimum Gasteiger partial charge on any atom is -0.309 e. The zero-order valence-electron chi connectivity index (χ0n) is 9.62. The molecule has 3 nitrogen and oxygen atoms in total. The van der Waals surface area contributed by atoms with Crippen molar-refractivity contribution in [3.8, 4) is 0 Å². The Hall–Kier alpha value is -0.410. The minimum absolute atomic E-state index is 0.360. The normalized spacial score (nSPS) is 28.6. The Balaban J connectivity index is 2.55. The van der Waals surface area contributed by atoms with Gasteiger partial charge in [-0.05, 0) is 45.9 Å². The van der Waals surface area contributed by atoms with Gasteiger partial charge in [-0.2, -0.15) is 0 Å². The Kier molecular flexibility index (Phi) is 4.08. The van der Waals surface area contributed by atoms with Gasteiger partial charge in [0.15, 0.2) is 0 Å². The molecule has 1 fully saturated rings. The molecule has 0 radical (unpaired) electrons. The predicted octanol–water partition coefficient (Wildman–Crippen LogP) is 0.849. The van der Waals surface area contributed by atoms with Crippen LogP contribution < -0.4 is 0 Å². The average Bonchev–Trinajstić information content (AvgIpc) is 2.43. The highest BCUT2D eigenvalue weighted by Gasteiger charge is 2.36. The monoisotopic (exact) mass is 198 g/mol. The lowest BCUT2D eigenvalue weighted by atomic mass is 9.82. The first-order valence-corrected chi connectivity index (χ1v) is 5.35. The number of hydrogen-bond acceptors (Lipinski definition) is 3. The van der Waals surface area contributed by atoms with Crippen molar-refractivity contribution in [2.45, 2.75) is 19.3 Å². The van der Waals surface area contributed by atoms with Crippen LogP contribution in [0.1, 0.15) is 19.3 Å². The summed E-state index contributed by atoms with van der Waals surface area (Å²) in [6.45, 7) is 3.41. The van der Waals surface area contributed by atoms with Crippen LogP contribution in [-0.4, -0.2) is 56.9 Å². The van der Waals surface area contributed by atoms with Crippen molar-refractivity contribution < 1.29 is 4.79 Å². The zero-order valence-corrected chi connectivity index (χ0v) is 9.62. The van der Waals surface area contributed by atoms with E-state index in [-0.39, 0.29) is 0 Å². The van der Waals surface area contributed by atoms with E-state index in [4.69, 9.17) is 0 Å². The van der Waals surface area contributed by atoms with E-state index in [1.165, 1.54) is 13.0 Å². The molecule has 0 aliphatic carbocycles. The molecular weight excluding hydrogens is 176 g/mol. The van der Waals surface area contributed by atoms with Gasteiger partial charge in [-0.1, -0.05) is 0 Å². The molecule has 1 heterocycles. The second-order valence-electron chi connectivity index (χ2n) is 4.93. The largest absolute Gasteiger partial charge is 0.309 e. The highest BCUT2D eigenvalue weighted by atomic mass is 16.1. The molecular formula is C11H22N2O. The van der Waals surface area contributed by atoms with Crippen LogP contribution in [0, 0.1) is 5.41 Å². The standard InChI is InChI=1S/C11H22N2O/c1-12(2)9-11(5-4-8-14)6-7-13(3)10-11/h8H,4-7,9-10H2,1-3H3. The van der Waals surface area contributed by atoms with Gasteiger partial charge in [0, 0.05) is 19.5 Å². The van der Waals surface area contributed by atoms with E-state index in [1.807, 2.05) is 0 Å². The maximum Gasteiger partial charge on any atom is 0.120 e. The fourth-order valence-corrected chi connectivity index (χ4v) is 2.61. The van der Waals surface area contributed by atoms with Gasteiger partial charge in [-0.25, -0.2) is 0 Å². The topological polar surface area (TPSA) is 23.6 Å². The van der Waals surface area contributed by atoms with Crippen molar-refractivity contribution in [2.75, 3.05) is 40.8 Å². The summed E-state index contributed by atoms with van der Waals surface area (Å²) in [5.41, 5.74) is 0.360. The summed E-state index contributed by atoms with van der Waals surface area (Å²) < 4.78 is 0. The highest BCUT2D eigenvalue weighted by molar-refractivity contribution is 5.49. The van der Waals surface area contributed by atoms with Crippen molar-refractivity contribution in [3.05, 3.63) is 0 Å². The molecule has 1 saturated heterocycles. The van der Waals surface area contributed by atoms with Gasteiger partial charge in [0.2, 0.25) is 0 Å². The van der Waals surface area contributed by atoms with Gasteiger partial charge in [0.05, 0.1) is 0 Å². The van der Waals surface area contributed by atoms with E-state index < -0.39 is 0 Å².